The molecular weight excluding hydrogens is 398 g/mol. The van der Waals surface area contributed by atoms with Gasteiger partial charge in [0.15, 0.2) is 6.61 Å². The Morgan fingerprint density at radius 2 is 2.00 bits per heavy atom. The predicted molar refractivity (Wildman–Crippen MR) is 107 cm³/mol. The van der Waals surface area contributed by atoms with Gasteiger partial charge >= 0.3 is 5.97 Å². The number of nitrogens with zero attached hydrogens (tertiary/aromatic N) is 1. The number of thiophene rings is 1. The van der Waals surface area contributed by atoms with E-state index in [1.54, 1.807) is 6.07 Å². The second-order valence-electron chi connectivity index (χ2n) is 6.90. The number of carbonyl (C=O) groups excluding carboxylic acids is 2. The zero-order valence-electron chi connectivity index (χ0n) is 15.9. The van der Waals surface area contributed by atoms with Gasteiger partial charge in [-0.1, -0.05) is 12.5 Å². The number of ketones is 1. The van der Waals surface area contributed by atoms with Crippen molar-refractivity contribution >= 4 is 33.1 Å². The lowest BCUT2D eigenvalue weighted by molar-refractivity contribution is 0.0475. The van der Waals surface area contributed by atoms with Crippen molar-refractivity contribution in [3.63, 3.8) is 0 Å². The molecule has 1 aliphatic heterocycles. The average molecular weight is 422 g/mol. The maximum absolute atomic E-state index is 12.9. The number of hydrogen-bond acceptors (Lipinski definition) is 6. The molecule has 1 fully saturated rings. The fourth-order valence-corrected chi connectivity index (χ4v) is 5.76. The molecule has 1 aromatic heterocycles. The molecule has 0 spiro atoms. The van der Waals surface area contributed by atoms with Crippen molar-refractivity contribution in [2.24, 2.45) is 0 Å². The van der Waals surface area contributed by atoms with E-state index < -0.39 is 16.0 Å². The number of esters is 1. The van der Waals surface area contributed by atoms with Crippen molar-refractivity contribution in [1.29, 1.82) is 0 Å². The van der Waals surface area contributed by atoms with E-state index >= 15 is 0 Å². The van der Waals surface area contributed by atoms with Gasteiger partial charge in [-0.15, -0.1) is 11.3 Å². The minimum Gasteiger partial charge on any atom is -0.454 e. The molecule has 1 aromatic carbocycles. The number of aryl methyl sites for hydroxylation is 1. The summed E-state index contributed by atoms with van der Waals surface area (Å²) in [6, 6.07) is 9.26. The number of carbonyl (C=O) groups is 2. The molecule has 0 aliphatic carbocycles. The Balaban J connectivity index is 1.71. The first-order valence-corrected chi connectivity index (χ1v) is 11.4. The van der Waals surface area contributed by atoms with Crippen molar-refractivity contribution < 1.29 is 22.7 Å². The van der Waals surface area contributed by atoms with Crippen LogP contribution in [0.15, 0.2) is 41.3 Å². The summed E-state index contributed by atoms with van der Waals surface area (Å²) in [5.41, 5.74) is 0.112. The topological polar surface area (TPSA) is 80.8 Å². The number of benzene rings is 1. The van der Waals surface area contributed by atoms with Crippen molar-refractivity contribution in [2.75, 3.05) is 13.2 Å². The quantitative estimate of drug-likeness (QED) is 0.525. The number of piperidine rings is 1. The number of Topliss-reactive ketones (excluding diaryl/α,β-unsaturated/α-hetero) is 1. The Hall–Kier alpha value is -2.03. The minimum absolute atomic E-state index is 0.0657. The maximum atomic E-state index is 12.9. The van der Waals surface area contributed by atoms with Gasteiger partial charge in [-0.05, 0) is 57.0 Å². The molecule has 150 valence electrons. The minimum atomic E-state index is -3.68. The van der Waals surface area contributed by atoms with Crippen molar-refractivity contribution in [1.82, 2.24) is 4.31 Å². The lowest BCUT2D eigenvalue weighted by atomic mass is 10.1. The Kier molecular flexibility index (Phi) is 6.32. The molecule has 0 bridgehead atoms. The Labute approximate surface area is 169 Å². The van der Waals surface area contributed by atoms with Gasteiger partial charge in [0.25, 0.3) is 0 Å². The van der Waals surface area contributed by atoms with Crippen LogP contribution in [0.4, 0.5) is 0 Å². The predicted octanol–water partition coefficient (Wildman–Crippen LogP) is 3.66. The Morgan fingerprint density at radius 3 is 2.68 bits per heavy atom. The van der Waals surface area contributed by atoms with E-state index in [1.807, 2.05) is 19.9 Å². The van der Waals surface area contributed by atoms with E-state index in [1.165, 1.54) is 39.9 Å². The van der Waals surface area contributed by atoms with E-state index in [9.17, 15) is 18.0 Å². The molecule has 6 nitrogen and oxygen atoms in total. The highest BCUT2D eigenvalue weighted by atomic mass is 32.2. The molecule has 3 rings (SSSR count). The normalized spacial score (nSPS) is 18.0. The number of ether oxygens (including phenoxy) is 1. The standard InChI is InChI=1S/C20H23NO5S2/c1-14-6-3-4-11-21(14)28(24,25)17-8-5-7-16(12-17)20(23)26-13-18(22)19-10-9-15(2)27-19/h5,7-10,12,14H,3-4,6,11,13H2,1-2H3/t14-/m0/s1. The number of rotatable bonds is 6. The van der Waals surface area contributed by atoms with E-state index in [0.717, 1.165) is 24.1 Å². The molecular formula is C20H23NO5S2. The summed E-state index contributed by atoms with van der Waals surface area (Å²) in [6.07, 6.45) is 2.66. The van der Waals surface area contributed by atoms with Crippen LogP contribution in [0.25, 0.3) is 0 Å². The third-order valence-corrected chi connectivity index (χ3v) is 7.82. The van der Waals surface area contributed by atoms with Crippen molar-refractivity contribution in [3.05, 3.63) is 51.7 Å². The molecule has 28 heavy (non-hydrogen) atoms. The molecule has 1 aliphatic rings. The van der Waals surface area contributed by atoms with Crippen LogP contribution in [-0.2, 0) is 14.8 Å². The molecule has 0 N–H and O–H groups in total. The van der Waals surface area contributed by atoms with Gasteiger partial charge in [-0.2, -0.15) is 4.31 Å². The number of sulfonamides is 1. The highest BCUT2D eigenvalue weighted by Crippen LogP contribution is 2.25. The van der Waals surface area contributed by atoms with Gasteiger partial charge in [0.05, 0.1) is 15.3 Å². The van der Waals surface area contributed by atoms with E-state index in [4.69, 9.17) is 4.74 Å². The monoisotopic (exact) mass is 421 g/mol. The first kappa shape index (κ1) is 20.7. The van der Waals surface area contributed by atoms with Crippen LogP contribution in [0.1, 0.15) is 51.1 Å². The molecule has 1 saturated heterocycles. The molecule has 0 radical (unpaired) electrons. The van der Waals surface area contributed by atoms with Gasteiger partial charge in [0.1, 0.15) is 0 Å². The van der Waals surface area contributed by atoms with Gasteiger partial charge in [-0.25, -0.2) is 13.2 Å². The average Bonchev–Trinajstić information content (AvgIpc) is 3.12. The summed E-state index contributed by atoms with van der Waals surface area (Å²) in [5, 5.41) is 0. The second-order valence-corrected chi connectivity index (χ2v) is 10.1. The number of hydrogen-bond donors (Lipinski definition) is 0. The third-order valence-electron chi connectivity index (χ3n) is 4.77. The zero-order chi connectivity index (χ0) is 20.3. The highest BCUT2D eigenvalue weighted by molar-refractivity contribution is 7.89. The van der Waals surface area contributed by atoms with Gasteiger partial charge in [-0.3, -0.25) is 4.79 Å². The van der Waals surface area contributed by atoms with Crippen LogP contribution in [0.5, 0.6) is 0 Å². The summed E-state index contributed by atoms with van der Waals surface area (Å²) < 4.78 is 32.5. The van der Waals surface area contributed by atoms with E-state index in [-0.39, 0.29) is 28.9 Å². The summed E-state index contributed by atoms with van der Waals surface area (Å²) >= 11 is 1.34. The molecule has 0 amide bonds. The van der Waals surface area contributed by atoms with Gasteiger partial charge in [0, 0.05) is 17.5 Å². The van der Waals surface area contributed by atoms with Gasteiger partial charge < -0.3 is 4.74 Å². The smallest absolute Gasteiger partial charge is 0.338 e. The van der Waals surface area contributed by atoms with Crippen LogP contribution in [0.3, 0.4) is 0 Å². The van der Waals surface area contributed by atoms with Crippen LogP contribution in [0, 0.1) is 6.92 Å². The lowest BCUT2D eigenvalue weighted by Gasteiger charge is -2.32. The molecule has 1 atom stereocenters. The lowest BCUT2D eigenvalue weighted by Crippen LogP contribution is -2.41. The van der Waals surface area contributed by atoms with Crippen LogP contribution in [0.2, 0.25) is 0 Å². The SMILES string of the molecule is Cc1ccc(C(=O)COC(=O)c2cccc(S(=O)(=O)N3CCCC[C@@H]3C)c2)s1. The second kappa shape index (κ2) is 8.55. The van der Waals surface area contributed by atoms with E-state index in [2.05, 4.69) is 0 Å². The fraction of sp³-hybridized carbons (Fsp3) is 0.400. The first-order chi connectivity index (χ1) is 13.3. The summed E-state index contributed by atoms with van der Waals surface area (Å²) in [4.78, 5) is 26.0. The largest absolute Gasteiger partial charge is 0.454 e. The fourth-order valence-electron chi connectivity index (χ4n) is 3.22. The van der Waals surface area contributed by atoms with Crippen molar-refractivity contribution in [3.8, 4) is 0 Å². The van der Waals surface area contributed by atoms with Crippen molar-refractivity contribution in [2.45, 2.75) is 44.0 Å². The molecule has 2 heterocycles. The Bertz CT molecular complexity index is 980. The van der Waals surface area contributed by atoms with Gasteiger partial charge in [0.2, 0.25) is 15.8 Å². The van der Waals surface area contributed by atoms with E-state index in [0.29, 0.717) is 11.4 Å². The summed E-state index contributed by atoms with van der Waals surface area (Å²) in [5.74, 6) is -0.997. The highest BCUT2D eigenvalue weighted by Gasteiger charge is 2.31. The van der Waals surface area contributed by atoms with Crippen LogP contribution >= 0.6 is 11.3 Å². The maximum Gasteiger partial charge on any atom is 0.338 e. The van der Waals surface area contributed by atoms with Crippen LogP contribution < -0.4 is 0 Å². The first-order valence-electron chi connectivity index (χ1n) is 9.17. The summed E-state index contributed by atoms with van der Waals surface area (Å²) in [6.45, 7) is 3.89. The molecule has 0 saturated carbocycles. The van der Waals surface area contributed by atoms with Crippen LogP contribution in [-0.4, -0.2) is 43.7 Å². The third kappa shape index (κ3) is 4.51. The summed E-state index contributed by atoms with van der Waals surface area (Å²) in [7, 11) is -3.68. The molecule has 8 heteroatoms. The molecule has 0 unspecified atom stereocenters. The Morgan fingerprint density at radius 1 is 1.21 bits per heavy atom. The zero-order valence-corrected chi connectivity index (χ0v) is 17.5. The molecule has 2 aromatic rings.